The van der Waals surface area contributed by atoms with Crippen molar-refractivity contribution in [2.45, 2.75) is 39.2 Å². The summed E-state index contributed by atoms with van der Waals surface area (Å²) in [5.74, 6) is -1.52. The van der Waals surface area contributed by atoms with Gasteiger partial charge in [0.2, 0.25) is 5.88 Å². The lowest BCUT2D eigenvalue weighted by atomic mass is 10.1. The zero-order valence-electron chi connectivity index (χ0n) is 10.3. The quantitative estimate of drug-likeness (QED) is 0.698. The van der Waals surface area contributed by atoms with E-state index in [0.29, 0.717) is 6.42 Å². The molecule has 0 saturated heterocycles. The van der Waals surface area contributed by atoms with Gasteiger partial charge in [-0.15, -0.1) is 0 Å². The molecule has 0 spiro atoms. The maximum Gasteiger partial charge on any atom is 0.331 e. The Balaban J connectivity index is 3.31. The highest BCUT2D eigenvalue weighted by Gasteiger charge is 2.17. The van der Waals surface area contributed by atoms with Crippen molar-refractivity contribution in [1.29, 1.82) is 0 Å². The highest BCUT2D eigenvalue weighted by Crippen LogP contribution is 2.18. The molecule has 1 aromatic heterocycles. The Labute approximate surface area is 103 Å². The van der Waals surface area contributed by atoms with Gasteiger partial charge in [0.15, 0.2) is 0 Å². The van der Waals surface area contributed by atoms with Crippen LogP contribution < -0.4 is 11.2 Å². The van der Waals surface area contributed by atoms with Gasteiger partial charge < -0.3 is 10.2 Å². The van der Waals surface area contributed by atoms with Crippen LogP contribution in [0.4, 0.5) is 0 Å². The Hall–Kier alpha value is -2.05. The van der Waals surface area contributed by atoms with Crippen molar-refractivity contribution in [3.8, 4) is 5.88 Å². The predicted octanol–water partition coefficient (Wildman–Crippen LogP) is 0.230. The second-order valence-electron chi connectivity index (χ2n) is 4.08. The van der Waals surface area contributed by atoms with Gasteiger partial charge in [0.1, 0.15) is 0 Å². The fourth-order valence-electron chi connectivity index (χ4n) is 1.62. The number of nitrogens with zero attached hydrogens (tertiary/aromatic N) is 1. The van der Waals surface area contributed by atoms with Crippen LogP contribution in [0.5, 0.6) is 5.88 Å². The number of carbonyl (C=O) groups is 1. The first kappa shape index (κ1) is 14.0. The standard InChI is InChI=1S/C11H16N2O5/c1-3-6(2)13-10(17)7(4-5-8(14)15)9(16)12-11(13)18/h6,17H,3-5H2,1-2H3,(H,14,15)(H,12,16,18). The van der Waals surface area contributed by atoms with Crippen molar-refractivity contribution in [2.24, 2.45) is 0 Å². The molecule has 1 heterocycles. The Morgan fingerprint density at radius 2 is 2.06 bits per heavy atom. The second kappa shape index (κ2) is 5.52. The van der Waals surface area contributed by atoms with E-state index in [1.54, 1.807) is 6.92 Å². The molecule has 0 aromatic carbocycles. The van der Waals surface area contributed by atoms with Crippen molar-refractivity contribution in [3.63, 3.8) is 0 Å². The van der Waals surface area contributed by atoms with E-state index in [2.05, 4.69) is 4.98 Å². The molecule has 3 N–H and O–H groups in total. The number of nitrogens with one attached hydrogen (secondary N) is 1. The van der Waals surface area contributed by atoms with Crippen LogP contribution in [-0.4, -0.2) is 25.7 Å². The van der Waals surface area contributed by atoms with Gasteiger partial charge in [-0.2, -0.15) is 0 Å². The third-order valence-electron chi connectivity index (χ3n) is 2.83. The fourth-order valence-corrected chi connectivity index (χ4v) is 1.62. The number of carboxylic acid groups (broad SMARTS) is 1. The third-order valence-corrected chi connectivity index (χ3v) is 2.83. The summed E-state index contributed by atoms with van der Waals surface area (Å²) in [6.45, 7) is 3.55. The molecule has 0 amide bonds. The first-order chi connectivity index (χ1) is 8.38. The second-order valence-corrected chi connectivity index (χ2v) is 4.08. The zero-order valence-corrected chi connectivity index (χ0v) is 10.3. The molecule has 0 bridgehead atoms. The smallest absolute Gasteiger partial charge is 0.331 e. The number of hydrogen-bond donors (Lipinski definition) is 3. The lowest BCUT2D eigenvalue weighted by Gasteiger charge is -2.16. The van der Waals surface area contributed by atoms with Gasteiger partial charge in [0, 0.05) is 12.5 Å². The molecule has 1 unspecified atom stereocenters. The highest BCUT2D eigenvalue weighted by atomic mass is 16.4. The van der Waals surface area contributed by atoms with Crippen LogP contribution in [-0.2, 0) is 11.2 Å². The van der Waals surface area contributed by atoms with E-state index in [1.165, 1.54) is 0 Å². The largest absolute Gasteiger partial charge is 0.494 e. The van der Waals surface area contributed by atoms with Crippen LogP contribution in [0.15, 0.2) is 9.59 Å². The van der Waals surface area contributed by atoms with Gasteiger partial charge in [-0.25, -0.2) is 4.79 Å². The van der Waals surface area contributed by atoms with E-state index in [-0.39, 0.29) is 24.4 Å². The summed E-state index contributed by atoms with van der Waals surface area (Å²) in [5, 5.41) is 18.5. The van der Waals surface area contributed by atoms with Gasteiger partial charge in [0.25, 0.3) is 5.56 Å². The van der Waals surface area contributed by atoms with Gasteiger partial charge in [-0.3, -0.25) is 19.1 Å². The van der Waals surface area contributed by atoms with E-state index in [1.807, 2.05) is 6.92 Å². The fraction of sp³-hybridized carbons (Fsp3) is 0.545. The van der Waals surface area contributed by atoms with E-state index in [0.717, 1.165) is 4.57 Å². The molecule has 0 aliphatic rings. The van der Waals surface area contributed by atoms with Crippen molar-refractivity contribution in [3.05, 3.63) is 26.4 Å². The van der Waals surface area contributed by atoms with Crippen LogP contribution in [0, 0.1) is 0 Å². The van der Waals surface area contributed by atoms with Crippen molar-refractivity contribution >= 4 is 5.97 Å². The van der Waals surface area contributed by atoms with Crippen LogP contribution in [0.2, 0.25) is 0 Å². The minimum absolute atomic E-state index is 0.0719. The first-order valence-electron chi connectivity index (χ1n) is 5.66. The number of H-pyrrole nitrogens is 1. The highest BCUT2D eigenvalue weighted by molar-refractivity contribution is 5.67. The van der Waals surface area contributed by atoms with E-state index < -0.39 is 23.1 Å². The molecule has 0 aliphatic heterocycles. The number of aromatic hydroxyl groups is 1. The Bertz CT molecular complexity index is 558. The maximum absolute atomic E-state index is 11.6. The molecular formula is C11H16N2O5. The molecule has 18 heavy (non-hydrogen) atoms. The molecule has 1 rings (SSSR count). The monoisotopic (exact) mass is 256 g/mol. The van der Waals surface area contributed by atoms with E-state index in [4.69, 9.17) is 5.11 Å². The normalized spacial score (nSPS) is 12.3. The molecule has 7 nitrogen and oxygen atoms in total. The topological polar surface area (TPSA) is 112 Å². The summed E-state index contributed by atoms with van der Waals surface area (Å²) < 4.78 is 1.07. The molecular weight excluding hydrogens is 240 g/mol. The average molecular weight is 256 g/mol. The van der Waals surface area contributed by atoms with Crippen LogP contribution >= 0.6 is 0 Å². The number of rotatable bonds is 5. The van der Waals surface area contributed by atoms with Crippen LogP contribution in [0.3, 0.4) is 0 Å². The number of hydrogen-bond acceptors (Lipinski definition) is 4. The summed E-state index contributed by atoms with van der Waals surface area (Å²) in [7, 11) is 0. The van der Waals surface area contributed by atoms with Crippen LogP contribution in [0.25, 0.3) is 0 Å². The van der Waals surface area contributed by atoms with Crippen molar-refractivity contribution in [2.75, 3.05) is 0 Å². The number of aliphatic carboxylic acids is 1. The Morgan fingerprint density at radius 1 is 1.44 bits per heavy atom. The molecule has 1 atom stereocenters. The maximum atomic E-state index is 11.6. The molecule has 100 valence electrons. The molecule has 1 aromatic rings. The summed E-state index contributed by atoms with van der Waals surface area (Å²) >= 11 is 0. The average Bonchev–Trinajstić information content (AvgIpc) is 2.27. The van der Waals surface area contributed by atoms with Gasteiger partial charge in [-0.05, 0) is 19.8 Å². The predicted molar refractivity (Wildman–Crippen MR) is 63.9 cm³/mol. The van der Waals surface area contributed by atoms with Gasteiger partial charge in [0.05, 0.1) is 5.56 Å². The molecule has 0 radical (unpaired) electrons. The van der Waals surface area contributed by atoms with Gasteiger partial charge >= 0.3 is 11.7 Å². The molecule has 7 heteroatoms. The molecule has 0 saturated carbocycles. The van der Waals surface area contributed by atoms with Gasteiger partial charge in [-0.1, -0.05) is 6.92 Å². The third kappa shape index (κ3) is 2.79. The lowest BCUT2D eigenvalue weighted by molar-refractivity contribution is -0.136. The van der Waals surface area contributed by atoms with Crippen molar-refractivity contribution in [1.82, 2.24) is 9.55 Å². The summed E-state index contributed by atoms with van der Waals surface area (Å²) in [4.78, 5) is 35.7. The zero-order chi connectivity index (χ0) is 13.9. The summed E-state index contributed by atoms with van der Waals surface area (Å²) in [6, 6.07) is -0.280. The molecule has 0 fully saturated rings. The number of aromatic nitrogens is 2. The Kier molecular flexibility index (Phi) is 4.30. The van der Waals surface area contributed by atoms with E-state index in [9.17, 15) is 19.5 Å². The van der Waals surface area contributed by atoms with Crippen molar-refractivity contribution < 1.29 is 15.0 Å². The summed E-state index contributed by atoms with van der Waals surface area (Å²) in [5.41, 5.74) is -1.50. The lowest BCUT2D eigenvalue weighted by Crippen LogP contribution is -2.33. The first-order valence-corrected chi connectivity index (χ1v) is 5.66. The SMILES string of the molecule is CCC(C)n1c(O)c(CCC(=O)O)c(=O)[nH]c1=O. The molecule has 0 aliphatic carbocycles. The Morgan fingerprint density at radius 3 is 2.56 bits per heavy atom. The minimum atomic E-state index is -1.07. The number of aromatic amines is 1. The van der Waals surface area contributed by atoms with E-state index >= 15 is 0 Å². The number of carboxylic acids is 1. The summed E-state index contributed by atoms with van der Waals surface area (Å²) in [6.07, 6.45) is 0.195. The minimum Gasteiger partial charge on any atom is -0.494 e. The van der Waals surface area contributed by atoms with Crippen LogP contribution in [0.1, 0.15) is 38.3 Å².